The maximum atomic E-state index is 13.3. The van der Waals surface area contributed by atoms with Crippen LogP contribution in [0.4, 0.5) is 11.4 Å². The van der Waals surface area contributed by atoms with Crippen LogP contribution in [0.5, 0.6) is 11.5 Å². The van der Waals surface area contributed by atoms with Crippen LogP contribution in [0.25, 0.3) is 5.57 Å². The number of nitrogens with zero attached hydrogens (tertiary/aromatic N) is 1. The molecule has 2 heterocycles. The van der Waals surface area contributed by atoms with E-state index in [2.05, 4.69) is 5.32 Å². The second-order valence-corrected chi connectivity index (χ2v) is 7.61. The van der Waals surface area contributed by atoms with Gasteiger partial charge in [0.1, 0.15) is 5.70 Å². The van der Waals surface area contributed by atoms with Gasteiger partial charge in [-0.3, -0.25) is 9.59 Å². The molecule has 7 heteroatoms. The summed E-state index contributed by atoms with van der Waals surface area (Å²) >= 11 is 1.42. The van der Waals surface area contributed by atoms with E-state index in [1.807, 2.05) is 37.4 Å². The number of carbonyl (C=O) groups excluding carboxylic acids is 2. The van der Waals surface area contributed by atoms with Crippen LogP contribution in [-0.2, 0) is 9.59 Å². The molecule has 0 atom stereocenters. The molecule has 1 aliphatic heterocycles. The van der Waals surface area contributed by atoms with Crippen LogP contribution >= 0.6 is 11.3 Å². The van der Waals surface area contributed by atoms with Crippen LogP contribution in [-0.4, -0.2) is 25.0 Å². The molecule has 1 aliphatic rings. The number of hydrogen-bond donors (Lipinski definition) is 1. The van der Waals surface area contributed by atoms with Crippen molar-refractivity contribution in [2.75, 3.05) is 23.4 Å². The van der Waals surface area contributed by atoms with E-state index in [1.54, 1.807) is 42.5 Å². The van der Waals surface area contributed by atoms with E-state index in [0.29, 0.717) is 41.7 Å². The summed E-state index contributed by atoms with van der Waals surface area (Å²) in [6.45, 7) is 4.79. The van der Waals surface area contributed by atoms with Gasteiger partial charge in [0.2, 0.25) is 0 Å². The number of rotatable bonds is 8. The largest absolute Gasteiger partial charge is 0.490 e. The van der Waals surface area contributed by atoms with E-state index in [1.165, 1.54) is 16.2 Å². The van der Waals surface area contributed by atoms with Crippen LogP contribution in [0, 0.1) is 0 Å². The molecule has 0 saturated carbocycles. The lowest BCUT2D eigenvalue weighted by atomic mass is 10.1. The average molecular weight is 435 g/mol. The van der Waals surface area contributed by atoms with Crippen molar-refractivity contribution in [3.63, 3.8) is 0 Å². The van der Waals surface area contributed by atoms with Gasteiger partial charge in [-0.05, 0) is 49.6 Å². The van der Waals surface area contributed by atoms with Crippen molar-refractivity contribution in [1.82, 2.24) is 0 Å². The Hall–Kier alpha value is -3.58. The zero-order chi connectivity index (χ0) is 21.8. The van der Waals surface area contributed by atoms with Gasteiger partial charge >= 0.3 is 0 Å². The highest BCUT2D eigenvalue weighted by atomic mass is 32.1. The minimum atomic E-state index is -0.397. The Kier molecular flexibility index (Phi) is 6.04. The van der Waals surface area contributed by atoms with Crippen molar-refractivity contribution < 1.29 is 19.1 Å². The molecular formula is C24H22N2O4S. The zero-order valence-corrected chi connectivity index (χ0v) is 18.1. The number of imide groups is 1. The van der Waals surface area contributed by atoms with Gasteiger partial charge in [-0.15, -0.1) is 11.3 Å². The summed E-state index contributed by atoms with van der Waals surface area (Å²) in [5, 5.41) is 5.05. The van der Waals surface area contributed by atoms with Gasteiger partial charge in [0.25, 0.3) is 11.8 Å². The van der Waals surface area contributed by atoms with Crippen LogP contribution in [0.15, 0.2) is 71.7 Å². The van der Waals surface area contributed by atoms with E-state index in [9.17, 15) is 9.59 Å². The van der Waals surface area contributed by atoms with E-state index in [0.717, 1.165) is 4.88 Å². The number of thiophene rings is 1. The lowest BCUT2D eigenvalue weighted by molar-refractivity contribution is -0.120. The Morgan fingerprint density at radius 1 is 0.871 bits per heavy atom. The van der Waals surface area contributed by atoms with E-state index in [4.69, 9.17) is 9.47 Å². The minimum Gasteiger partial charge on any atom is -0.490 e. The smallest absolute Gasteiger partial charge is 0.282 e. The molecule has 0 spiro atoms. The normalized spacial score (nSPS) is 13.7. The van der Waals surface area contributed by atoms with Crippen LogP contribution < -0.4 is 19.7 Å². The summed E-state index contributed by atoms with van der Waals surface area (Å²) in [5.74, 6) is 0.454. The molecule has 0 bridgehead atoms. The number of amides is 2. The highest BCUT2D eigenvalue weighted by Crippen LogP contribution is 2.37. The highest BCUT2D eigenvalue weighted by Gasteiger charge is 2.40. The maximum absolute atomic E-state index is 13.3. The molecular weight excluding hydrogens is 412 g/mol. The molecule has 2 amide bonds. The van der Waals surface area contributed by atoms with Crippen LogP contribution in [0.2, 0.25) is 0 Å². The fourth-order valence-corrected chi connectivity index (χ4v) is 4.15. The maximum Gasteiger partial charge on any atom is 0.282 e. The number of anilines is 2. The molecule has 6 nitrogen and oxygen atoms in total. The summed E-state index contributed by atoms with van der Waals surface area (Å²) in [4.78, 5) is 28.6. The summed E-state index contributed by atoms with van der Waals surface area (Å²) in [7, 11) is 0. The molecule has 0 aliphatic carbocycles. The molecule has 0 radical (unpaired) electrons. The first kappa shape index (κ1) is 20.7. The minimum absolute atomic E-state index is 0.239. The Morgan fingerprint density at radius 2 is 1.61 bits per heavy atom. The third-order valence-electron chi connectivity index (χ3n) is 4.68. The van der Waals surface area contributed by atoms with Gasteiger partial charge in [-0.1, -0.05) is 24.3 Å². The highest BCUT2D eigenvalue weighted by molar-refractivity contribution is 7.11. The van der Waals surface area contributed by atoms with Gasteiger partial charge in [0, 0.05) is 16.6 Å². The van der Waals surface area contributed by atoms with Crippen molar-refractivity contribution in [1.29, 1.82) is 0 Å². The zero-order valence-electron chi connectivity index (χ0n) is 17.3. The predicted molar refractivity (Wildman–Crippen MR) is 123 cm³/mol. The molecule has 3 aromatic rings. The second kappa shape index (κ2) is 9.06. The van der Waals surface area contributed by atoms with Crippen molar-refractivity contribution in [3.8, 4) is 11.5 Å². The first-order chi connectivity index (χ1) is 15.1. The van der Waals surface area contributed by atoms with E-state index >= 15 is 0 Å². The second-order valence-electron chi connectivity index (χ2n) is 6.66. The van der Waals surface area contributed by atoms with Crippen molar-refractivity contribution in [2.24, 2.45) is 0 Å². The summed E-state index contributed by atoms with van der Waals surface area (Å²) in [6.07, 6.45) is 0. The van der Waals surface area contributed by atoms with Gasteiger partial charge < -0.3 is 14.8 Å². The number of nitrogens with one attached hydrogen (secondary N) is 1. The van der Waals surface area contributed by atoms with Crippen LogP contribution in [0.1, 0.15) is 18.7 Å². The third-order valence-corrected chi connectivity index (χ3v) is 5.57. The van der Waals surface area contributed by atoms with Crippen molar-refractivity contribution in [2.45, 2.75) is 13.8 Å². The van der Waals surface area contributed by atoms with Gasteiger partial charge in [0.05, 0.1) is 24.5 Å². The monoisotopic (exact) mass is 434 g/mol. The van der Waals surface area contributed by atoms with Crippen molar-refractivity contribution >= 4 is 40.1 Å². The molecule has 0 fully saturated rings. The number of carbonyl (C=O) groups is 2. The predicted octanol–water partition coefficient (Wildman–Crippen LogP) is 4.94. The lowest BCUT2D eigenvalue weighted by Crippen LogP contribution is -2.32. The quantitative estimate of drug-likeness (QED) is 0.509. The fraction of sp³-hybridized carbons (Fsp3) is 0.167. The molecule has 31 heavy (non-hydrogen) atoms. The molecule has 4 rings (SSSR count). The van der Waals surface area contributed by atoms with E-state index < -0.39 is 5.91 Å². The lowest BCUT2D eigenvalue weighted by Gasteiger charge is -2.16. The molecule has 0 unspecified atom stereocenters. The first-order valence-electron chi connectivity index (χ1n) is 10.0. The Labute approximate surface area is 184 Å². The van der Waals surface area contributed by atoms with E-state index in [-0.39, 0.29) is 11.6 Å². The van der Waals surface area contributed by atoms with Crippen molar-refractivity contribution in [3.05, 3.63) is 76.6 Å². The Bertz CT molecular complexity index is 1120. The number of hydrogen-bond acceptors (Lipinski definition) is 6. The number of para-hydroxylation sites is 1. The molecule has 0 saturated heterocycles. The Morgan fingerprint density at radius 3 is 2.29 bits per heavy atom. The van der Waals surface area contributed by atoms with Gasteiger partial charge in [0.15, 0.2) is 11.5 Å². The topological polar surface area (TPSA) is 67.9 Å². The third kappa shape index (κ3) is 4.04. The SMILES string of the molecule is CCOc1ccc(NC2=C(c3cccs3)C(=O)N(c3ccccc3)C2=O)cc1OCC. The number of benzene rings is 2. The Balaban J connectivity index is 1.74. The van der Waals surface area contributed by atoms with Gasteiger partial charge in [-0.2, -0.15) is 0 Å². The van der Waals surface area contributed by atoms with Crippen LogP contribution in [0.3, 0.4) is 0 Å². The standard InChI is InChI=1S/C24H22N2O4S/c1-3-29-18-13-12-16(15-19(18)30-4-2)25-22-21(20-11-8-14-31-20)23(27)26(24(22)28)17-9-6-5-7-10-17/h5-15,25H,3-4H2,1-2H3. The van der Waals surface area contributed by atoms with Gasteiger partial charge in [-0.25, -0.2) is 4.90 Å². The molecule has 158 valence electrons. The summed E-state index contributed by atoms with van der Waals surface area (Å²) in [6, 6.07) is 18.0. The molecule has 1 N–H and O–H groups in total. The number of ether oxygens (including phenoxy) is 2. The first-order valence-corrected chi connectivity index (χ1v) is 10.9. The fourth-order valence-electron chi connectivity index (χ4n) is 3.38. The average Bonchev–Trinajstić information content (AvgIpc) is 3.38. The summed E-state index contributed by atoms with van der Waals surface area (Å²) < 4.78 is 11.3. The summed E-state index contributed by atoms with van der Waals surface area (Å²) in [5.41, 5.74) is 1.76. The molecule has 1 aromatic heterocycles. The molecule has 2 aromatic carbocycles.